The lowest BCUT2D eigenvalue weighted by atomic mass is 10.2. The van der Waals surface area contributed by atoms with E-state index in [9.17, 15) is 8.42 Å². The van der Waals surface area contributed by atoms with Gasteiger partial charge in [0.1, 0.15) is 4.90 Å². The predicted molar refractivity (Wildman–Crippen MR) is 68.6 cm³/mol. The van der Waals surface area contributed by atoms with Crippen molar-refractivity contribution in [2.45, 2.75) is 50.6 Å². The van der Waals surface area contributed by atoms with Gasteiger partial charge in [0.25, 0.3) is 0 Å². The quantitative estimate of drug-likeness (QED) is 0.732. The van der Waals surface area contributed by atoms with Crippen molar-refractivity contribution in [2.75, 3.05) is 6.61 Å². The predicted octanol–water partition coefficient (Wildman–Crippen LogP) is 0.732. The molecule has 0 bridgehead atoms. The van der Waals surface area contributed by atoms with Gasteiger partial charge in [-0.2, -0.15) is 5.10 Å². The standard InChI is InChI=1S/C11H21N3O3S/c1-3-4-5-10(2)13-18(16,17)11-8-12-14(9-11)6-7-15/h8-10,13,15H,3-7H2,1-2H3. The summed E-state index contributed by atoms with van der Waals surface area (Å²) in [5.74, 6) is 0. The lowest BCUT2D eigenvalue weighted by Crippen LogP contribution is -2.32. The molecule has 6 nitrogen and oxygen atoms in total. The number of hydrogen-bond donors (Lipinski definition) is 2. The van der Waals surface area contributed by atoms with Gasteiger partial charge in [-0.1, -0.05) is 19.8 Å². The third-order valence-electron chi connectivity index (χ3n) is 2.60. The van der Waals surface area contributed by atoms with Crippen LogP contribution in [-0.2, 0) is 16.6 Å². The van der Waals surface area contributed by atoms with Crippen molar-refractivity contribution < 1.29 is 13.5 Å². The van der Waals surface area contributed by atoms with Gasteiger partial charge in [-0.15, -0.1) is 0 Å². The molecule has 0 saturated carbocycles. The largest absolute Gasteiger partial charge is 0.394 e. The van der Waals surface area contributed by atoms with E-state index < -0.39 is 10.0 Å². The van der Waals surface area contributed by atoms with E-state index in [-0.39, 0.29) is 17.5 Å². The van der Waals surface area contributed by atoms with Gasteiger partial charge in [-0.3, -0.25) is 4.68 Å². The van der Waals surface area contributed by atoms with E-state index in [1.54, 1.807) is 0 Å². The Labute approximate surface area is 108 Å². The van der Waals surface area contributed by atoms with E-state index >= 15 is 0 Å². The molecule has 1 aromatic heterocycles. The second-order valence-corrected chi connectivity index (χ2v) is 6.04. The molecule has 1 heterocycles. The molecular formula is C11H21N3O3S. The minimum atomic E-state index is -3.50. The summed E-state index contributed by atoms with van der Waals surface area (Å²) in [7, 11) is -3.50. The van der Waals surface area contributed by atoms with Gasteiger partial charge >= 0.3 is 0 Å². The first-order chi connectivity index (χ1) is 8.49. The van der Waals surface area contributed by atoms with Crippen molar-refractivity contribution >= 4 is 10.0 Å². The summed E-state index contributed by atoms with van der Waals surface area (Å²) in [4.78, 5) is 0.138. The number of rotatable bonds is 8. The number of nitrogens with one attached hydrogen (secondary N) is 1. The third kappa shape index (κ3) is 4.40. The summed E-state index contributed by atoms with van der Waals surface area (Å²) in [5, 5.41) is 12.6. The van der Waals surface area contributed by atoms with Crippen LogP contribution in [0, 0.1) is 0 Å². The second kappa shape index (κ2) is 6.86. The molecule has 0 amide bonds. The van der Waals surface area contributed by atoms with Crippen molar-refractivity contribution in [3.63, 3.8) is 0 Å². The summed E-state index contributed by atoms with van der Waals surface area (Å²) >= 11 is 0. The molecule has 1 rings (SSSR count). The smallest absolute Gasteiger partial charge is 0.243 e. The van der Waals surface area contributed by atoms with Crippen LogP contribution in [0.15, 0.2) is 17.3 Å². The number of aromatic nitrogens is 2. The molecule has 0 radical (unpaired) electrons. The van der Waals surface area contributed by atoms with Gasteiger partial charge < -0.3 is 5.11 Å². The van der Waals surface area contributed by atoms with Crippen LogP contribution in [0.5, 0.6) is 0 Å². The van der Waals surface area contributed by atoms with Crippen molar-refractivity contribution in [3.8, 4) is 0 Å². The van der Waals surface area contributed by atoms with Gasteiger partial charge in [0.05, 0.1) is 19.3 Å². The van der Waals surface area contributed by atoms with E-state index in [4.69, 9.17) is 5.11 Å². The molecule has 0 aromatic carbocycles. The lowest BCUT2D eigenvalue weighted by Gasteiger charge is -2.12. The monoisotopic (exact) mass is 275 g/mol. The van der Waals surface area contributed by atoms with Gasteiger partial charge in [-0.05, 0) is 13.3 Å². The molecule has 0 aliphatic rings. The van der Waals surface area contributed by atoms with E-state index in [1.165, 1.54) is 17.1 Å². The zero-order valence-electron chi connectivity index (χ0n) is 10.8. The van der Waals surface area contributed by atoms with Crippen LogP contribution >= 0.6 is 0 Å². The SMILES string of the molecule is CCCCC(C)NS(=O)(=O)c1cnn(CCO)c1. The highest BCUT2D eigenvalue weighted by Gasteiger charge is 2.18. The summed E-state index contributed by atoms with van der Waals surface area (Å²) in [6, 6.07) is -0.0869. The maximum Gasteiger partial charge on any atom is 0.243 e. The summed E-state index contributed by atoms with van der Waals surface area (Å²) in [6.07, 6.45) is 5.57. The molecule has 1 unspecified atom stereocenters. The van der Waals surface area contributed by atoms with Crippen LogP contribution in [0.2, 0.25) is 0 Å². The van der Waals surface area contributed by atoms with Gasteiger partial charge in [0.15, 0.2) is 0 Å². The Kier molecular flexibility index (Phi) is 5.77. The normalized spacial score (nSPS) is 13.7. The van der Waals surface area contributed by atoms with E-state index in [1.807, 2.05) is 6.92 Å². The van der Waals surface area contributed by atoms with Gasteiger partial charge in [0.2, 0.25) is 10.0 Å². The fourth-order valence-corrected chi connectivity index (χ4v) is 2.84. The number of unbranched alkanes of at least 4 members (excludes halogenated alkanes) is 1. The molecule has 0 fully saturated rings. The Morgan fingerprint density at radius 3 is 2.89 bits per heavy atom. The van der Waals surface area contributed by atoms with Crippen molar-refractivity contribution in [1.82, 2.24) is 14.5 Å². The van der Waals surface area contributed by atoms with E-state index in [0.29, 0.717) is 6.54 Å². The highest BCUT2D eigenvalue weighted by molar-refractivity contribution is 7.89. The van der Waals surface area contributed by atoms with Crippen molar-refractivity contribution in [3.05, 3.63) is 12.4 Å². The molecule has 1 atom stereocenters. The zero-order chi connectivity index (χ0) is 13.6. The molecule has 0 aliphatic heterocycles. The van der Waals surface area contributed by atoms with Gasteiger partial charge in [-0.25, -0.2) is 13.1 Å². The van der Waals surface area contributed by atoms with Crippen molar-refractivity contribution in [1.29, 1.82) is 0 Å². The van der Waals surface area contributed by atoms with Crippen LogP contribution in [-0.4, -0.2) is 36.0 Å². The first-order valence-corrected chi connectivity index (χ1v) is 7.63. The van der Waals surface area contributed by atoms with Crippen LogP contribution in [0.25, 0.3) is 0 Å². The maximum atomic E-state index is 12.0. The van der Waals surface area contributed by atoms with Crippen LogP contribution < -0.4 is 4.72 Å². The molecule has 18 heavy (non-hydrogen) atoms. The Hall–Kier alpha value is -0.920. The maximum absolute atomic E-state index is 12.0. The molecule has 7 heteroatoms. The molecule has 104 valence electrons. The summed E-state index contributed by atoms with van der Waals surface area (Å²) in [5.41, 5.74) is 0. The highest BCUT2D eigenvalue weighted by Crippen LogP contribution is 2.09. The summed E-state index contributed by atoms with van der Waals surface area (Å²) < 4.78 is 28.0. The zero-order valence-corrected chi connectivity index (χ0v) is 11.7. The Morgan fingerprint density at radius 2 is 2.28 bits per heavy atom. The van der Waals surface area contributed by atoms with E-state index in [0.717, 1.165) is 19.3 Å². The minimum absolute atomic E-state index is 0.0680. The Bertz CT molecular complexity index is 456. The molecule has 0 saturated heterocycles. The highest BCUT2D eigenvalue weighted by atomic mass is 32.2. The number of sulfonamides is 1. The van der Waals surface area contributed by atoms with E-state index in [2.05, 4.69) is 16.7 Å². The number of aliphatic hydroxyl groups is 1. The molecule has 1 aromatic rings. The van der Waals surface area contributed by atoms with Gasteiger partial charge in [0, 0.05) is 12.2 Å². The van der Waals surface area contributed by atoms with Crippen LogP contribution in [0.3, 0.4) is 0 Å². The fraction of sp³-hybridized carbons (Fsp3) is 0.727. The average Bonchev–Trinajstić information content (AvgIpc) is 2.75. The first kappa shape index (κ1) is 15.1. The van der Waals surface area contributed by atoms with Crippen molar-refractivity contribution in [2.24, 2.45) is 0 Å². The van der Waals surface area contributed by atoms with Crippen LogP contribution in [0.4, 0.5) is 0 Å². The molecular weight excluding hydrogens is 254 g/mol. The number of aliphatic hydroxyl groups excluding tert-OH is 1. The molecule has 2 N–H and O–H groups in total. The average molecular weight is 275 g/mol. The molecule has 0 aliphatic carbocycles. The minimum Gasteiger partial charge on any atom is -0.394 e. The van der Waals surface area contributed by atoms with Crippen LogP contribution in [0.1, 0.15) is 33.1 Å². The summed E-state index contributed by atoms with van der Waals surface area (Å²) in [6.45, 7) is 4.15. The Balaban J connectivity index is 2.67. The Morgan fingerprint density at radius 1 is 1.56 bits per heavy atom. The second-order valence-electron chi connectivity index (χ2n) is 4.33. The molecule has 0 spiro atoms. The number of nitrogens with zero attached hydrogens (tertiary/aromatic N) is 2. The topological polar surface area (TPSA) is 84.2 Å². The number of hydrogen-bond acceptors (Lipinski definition) is 4. The fourth-order valence-electron chi connectivity index (χ4n) is 1.61. The lowest BCUT2D eigenvalue weighted by molar-refractivity contribution is 0.269. The first-order valence-electron chi connectivity index (χ1n) is 6.15. The third-order valence-corrected chi connectivity index (χ3v) is 4.14.